The van der Waals surface area contributed by atoms with Crippen molar-refractivity contribution >= 4 is 11.7 Å². The van der Waals surface area contributed by atoms with E-state index in [1.165, 1.54) is 0 Å². The summed E-state index contributed by atoms with van der Waals surface area (Å²) in [5.41, 5.74) is 1.59. The highest BCUT2D eigenvalue weighted by atomic mass is 16.5. The SMILES string of the molecule is CNc1ccc(C(=O)N(C)Cc2cccc(OC)c2)cn1. The average molecular weight is 285 g/mol. The lowest BCUT2D eigenvalue weighted by atomic mass is 10.2. The number of benzene rings is 1. The third kappa shape index (κ3) is 3.72. The summed E-state index contributed by atoms with van der Waals surface area (Å²) in [6.07, 6.45) is 1.58. The summed E-state index contributed by atoms with van der Waals surface area (Å²) in [6.45, 7) is 0.518. The lowest BCUT2D eigenvalue weighted by Gasteiger charge is -2.17. The van der Waals surface area contributed by atoms with Crippen molar-refractivity contribution in [3.8, 4) is 5.75 Å². The first kappa shape index (κ1) is 14.8. The maximum Gasteiger partial charge on any atom is 0.255 e. The van der Waals surface area contributed by atoms with Gasteiger partial charge >= 0.3 is 0 Å². The Balaban J connectivity index is 2.07. The Morgan fingerprint density at radius 1 is 1.33 bits per heavy atom. The number of methoxy groups -OCH3 is 1. The number of rotatable bonds is 5. The van der Waals surface area contributed by atoms with Crippen molar-refractivity contribution < 1.29 is 9.53 Å². The Morgan fingerprint density at radius 3 is 2.76 bits per heavy atom. The van der Waals surface area contributed by atoms with E-state index in [2.05, 4.69) is 10.3 Å². The predicted molar refractivity (Wildman–Crippen MR) is 82.6 cm³/mol. The van der Waals surface area contributed by atoms with Crippen LogP contribution in [0.2, 0.25) is 0 Å². The van der Waals surface area contributed by atoms with E-state index in [9.17, 15) is 4.79 Å². The maximum absolute atomic E-state index is 12.3. The fraction of sp³-hybridized carbons (Fsp3) is 0.250. The molecule has 0 unspecified atom stereocenters. The van der Waals surface area contributed by atoms with Crippen LogP contribution in [0.3, 0.4) is 0 Å². The van der Waals surface area contributed by atoms with Crippen LogP contribution >= 0.6 is 0 Å². The number of nitrogens with one attached hydrogen (secondary N) is 1. The van der Waals surface area contributed by atoms with E-state index in [4.69, 9.17) is 4.74 Å². The number of ether oxygens (including phenoxy) is 1. The summed E-state index contributed by atoms with van der Waals surface area (Å²) < 4.78 is 5.19. The zero-order valence-electron chi connectivity index (χ0n) is 12.5. The number of hydrogen-bond donors (Lipinski definition) is 1. The zero-order chi connectivity index (χ0) is 15.2. The van der Waals surface area contributed by atoms with Gasteiger partial charge in [-0.2, -0.15) is 0 Å². The Labute approximate surface area is 124 Å². The van der Waals surface area contributed by atoms with Crippen LogP contribution in [0.1, 0.15) is 15.9 Å². The third-order valence-electron chi connectivity index (χ3n) is 3.17. The van der Waals surface area contributed by atoms with E-state index in [0.717, 1.165) is 17.1 Å². The molecule has 0 bridgehead atoms. The van der Waals surface area contributed by atoms with E-state index >= 15 is 0 Å². The van der Waals surface area contributed by atoms with Gasteiger partial charge in [0.2, 0.25) is 0 Å². The monoisotopic (exact) mass is 285 g/mol. The quantitative estimate of drug-likeness (QED) is 0.916. The zero-order valence-corrected chi connectivity index (χ0v) is 12.5. The van der Waals surface area contributed by atoms with Crippen LogP contribution in [-0.2, 0) is 6.54 Å². The number of carbonyl (C=O) groups excluding carboxylic acids is 1. The van der Waals surface area contributed by atoms with Crippen molar-refractivity contribution in [3.63, 3.8) is 0 Å². The first-order valence-corrected chi connectivity index (χ1v) is 6.66. The summed E-state index contributed by atoms with van der Waals surface area (Å²) in [6, 6.07) is 11.2. The number of amides is 1. The van der Waals surface area contributed by atoms with Crippen molar-refractivity contribution in [2.45, 2.75) is 6.54 Å². The summed E-state index contributed by atoms with van der Waals surface area (Å²) >= 11 is 0. The van der Waals surface area contributed by atoms with Crippen molar-refractivity contribution in [2.75, 3.05) is 26.5 Å². The smallest absolute Gasteiger partial charge is 0.255 e. The largest absolute Gasteiger partial charge is 0.497 e. The molecule has 21 heavy (non-hydrogen) atoms. The van der Waals surface area contributed by atoms with Gasteiger partial charge in [0.15, 0.2) is 0 Å². The molecule has 2 rings (SSSR count). The molecule has 0 saturated heterocycles. The van der Waals surface area contributed by atoms with Gasteiger partial charge in [-0.05, 0) is 29.8 Å². The second kappa shape index (κ2) is 6.74. The van der Waals surface area contributed by atoms with E-state index in [1.807, 2.05) is 24.3 Å². The van der Waals surface area contributed by atoms with E-state index in [-0.39, 0.29) is 5.91 Å². The maximum atomic E-state index is 12.3. The third-order valence-corrected chi connectivity index (χ3v) is 3.17. The van der Waals surface area contributed by atoms with Crippen molar-refractivity contribution in [3.05, 3.63) is 53.7 Å². The van der Waals surface area contributed by atoms with Gasteiger partial charge in [0, 0.05) is 26.8 Å². The highest BCUT2D eigenvalue weighted by molar-refractivity contribution is 5.93. The molecule has 0 radical (unpaired) electrons. The van der Waals surface area contributed by atoms with Crippen LogP contribution in [0, 0.1) is 0 Å². The van der Waals surface area contributed by atoms with Crippen LogP contribution < -0.4 is 10.1 Å². The number of carbonyl (C=O) groups is 1. The van der Waals surface area contributed by atoms with E-state index in [0.29, 0.717) is 12.1 Å². The minimum absolute atomic E-state index is 0.0621. The summed E-state index contributed by atoms with van der Waals surface area (Å²) in [7, 11) is 5.19. The molecule has 5 nitrogen and oxygen atoms in total. The standard InChI is InChI=1S/C16H19N3O2/c1-17-15-8-7-13(10-18-15)16(20)19(2)11-12-5-4-6-14(9-12)21-3/h4-10H,11H2,1-3H3,(H,17,18). The first-order chi connectivity index (χ1) is 10.1. The number of nitrogens with zero attached hydrogens (tertiary/aromatic N) is 2. The number of pyridine rings is 1. The van der Waals surface area contributed by atoms with Gasteiger partial charge in [-0.3, -0.25) is 4.79 Å². The average Bonchev–Trinajstić information content (AvgIpc) is 2.54. The molecule has 110 valence electrons. The highest BCUT2D eigenvalue weighted by Crippen LogP contribution is 2.15. The lowest BCUT2D eigenvalue weighted by Crippen LogP contribution is -2.26. The molecule has 0 atom stereocenters. The van der Waals surface area contributed by atoms with Crippen LogP contribution in [0.4, 0.5) is 5.82 Å². The molecular formula is C16H19N3O2. The molecule has 5 heteroatoms. The molecule has 0 saturated carbocycles. The summed E-state index contributed by atoms with van der Waals surface area (Å²) in [4.78, 5) is 18.2. The van der Waals surface area contributed by atoms with Crippen LogP contribution in [-0.4, -0.2) is 37.0 Å². The molecule has 0 aliphatic carbocycles. The first-order valence-electron chi connectivity index (χ1n) is 6.66. The Hall–Kier alpha value is -2.56. The van der Waals surface area contributed by atoms with Crippen molar-refractivity contribution in [1.29, 1.82) is 0 Å². The Morgan fingerprint density at radius 2 is 2.14 bits per heavy atom. The topological polar surface area (TPSA) is 54.5 Å². The van der Waals surface area contributed by atoms with Crippen LogP contribution in [0.25, 0.3) is 0 Å². The summed E-state index contributed by atoms with van der Waals surface area (Å²) in [5.74, 6) is 1.46. The second-order valence-electron chi connectivity index (χ2n) is 4.69. The molecule has 1 heterocycles. The minimum Gasteiger partial charge on any atom is -0.497 e. The van der Waals surface area contributed by atoms with Crippen LogP contribution in [0.15, 0.2) is 42.6 Å². The molecule has 0 fully saturated rings. The number of anilines is 1. The fourth-order valence-electron chi connectivity index (χ4n) is 2.01. The Kier molecular flexibility index (Phi) is 4.77. The van der Waals surface area contributed by atoms with Crippen molar-refractivity contribution in [2.24, 2.45) is 0 Å². The van der Waals surface area contributed by atoms with Gasteiger partial charge in [0.25, 0.3) is 5.91 Å². The molecule has 0 aliphatic heterocycles. The normalized spacial score (nSPS) is 10.0. The van der Waals surface area contributed by atoms with Gasteiger partial charge in [0.1, 0.15) is 11.6 Å². The van der Waals surface area contributed by atoms with Gasteiger partial charge in [-0.25, -0.2) is 4.98 Å². The molecule has 1 aromatic heterocycles. The molecule has 0 aliphatic rings. The van der Waals surface area contributed by atoms with Gasteiger partial charge in [-0.15, -0.1) is 0 Å². The lowest BCUT2D eigenvalue weighted by molar-refractivity contribution is 0.0784. The predicted octanol–water partition coefficient (Wildman–Crippen LogP) is 2.40. The highest BCUT2D eigenvalue weighted by Gasteiger charge is 2.12. The van der Waals surface area contributed by atoms with E-state index in [1.54, 1.807) is 44.4 Å². The van der Waals surface area contributed by atoms with Crippen LogP contribution in [0.5, 0.6) is 5.75 Å². The van der Waals surface area contributed by atoms with Gasteiger partial charge in [-0.1, -0.05) is 12.1 Å². The van der Waals surface area contributed by atoms with E-state index < -0.39 is 0 Å². The molecule has 1 amide bonds. The molecular weight excluding hydrogens is 266 g/mol. The summed E-state index contributed by atoms with van der Waals surface area (Å²) in [5, 5.41) is 2.92. The molecule has 1 N–H and O–H groups in total. The molecule has 2 aromatic rings. The molecule has 0 spiro atoms. The van der Waals surface area contributed by atoms with Gasteiger partial charge < -0.3 is 15.0 Å². The number of hydrogen-bond acceptors (Lipinski definition) is 4. The number of aromatic nitrogens is 1. The van der Waals surface area contributed by atoms with Crippen molar-refractivity contribution in [1.82, 2.24) is 9.88 Å². The Bertz CT molecular complexity index is 611. The fourth-order valence-corrected chi connectivity index (χ4v) is 2.01. The second-order valence-corrected chi connectivity index (χ2v) is 4.69. The van der Waals surface area contributed by atoms with Gasteiger partial charge in [0.05, 0.1) is 12.7 Å². The molecule has 1 aromatic carbocycles. The minimum atomic E-state index is -0.0621.